The molecule has 1 heterocycles. The Morgan fingerprint density at radius 2 is 1.87 bits per heavy atom. The van der Waals surface area contributed by atoms with Crippen LogP contribution in [0.5, 0.6) is 5.75 Å². The van der Waals surface area contributed by atoms with Crippen molar-refractivity contribution in [1.29, 1.82) is 0 Å². The fraction of sp³-hybridized carbons (Fsp3) is 0.391. The van der Waals surface area contributed by atoms with E-state index in [2.05, 4.69) is 5.32 Å². The van der Waals surface area contributed by atoms with Gasteiger partial charge < -0.3 is 25.0 Å². The Morgan fingerprint density at radius 3 is 2.57 bits per heavy atom. The number of amides is 3. The maximum atomic E-state index is 13.1. The molecular weight excluding hydrogens is 382 g/mol. The second-order valence-corrected chi connectivity index (χ2v) is 7.38. The average molecular weight is 412 g/mol. The minimum atomic E-state index is -0.375. The standard InChI is InChI=1S/C23H29N3O4/c1-17-8-7-10-19(22(28)25-12-5-6-13-25)21(17)24-23(29)26(14-15-27)16-18-9-3-4-11-20(18)30-2/h3-4,7-11,27H,5-6,12-16H2,1-2H3,(H,24,29). The first-order valence-corrected chi connectivity index (χ1v) is 10.2. The van der Waals surface area contributed by atoms with Gasteiger partial charge in [0.15, 0.2) is 0 Å². The van der Waals surface area contributed by atoms with E-state index in [9.17, 15) is 14.7 Å². The molecule has 0 radical (unpaired) electrons. The summed E-state index contributed by atoms with van der Waals surface area (Å²) in [7, 11) is 1.58. The Balaban J connectivity index is 1.83. The number of ether oxygens (including phenoxy) is 1. The summed E-state index contributed by atoms with van der Waals surface area (Å²) in [6.45, 7) is 3.61. The van der Waals surface area contributed by atoms with Crippen LogP contribution in [0, 0.1) is 6.92 Å². The Hall–Kier alpha value is -3.06. The predicted octanol–water partition coefficient (Wildman–Crippen LogP) is 3.27. The summed E-state index contributed by atoms with van der Waals surface area (Å²) in [5, 5.41) is 12.4. The third-order valence-corrected chi connectivity index (χ3v) is 5.34. The van der Waals surface area contributed by atoms with Crippen LogP contribution in [0.25, 0.3) is 0 Å². The molecule has 160 valence electrons. The molecule has 30 heavy (non-hydrogen) atoms. The van der Waals surface area contributed by atoms with Gasteiger partial charge in [0.05, 0.1) is 31.5 Å². The van der Waals surface area contributed by atoms with Crippen molar-refractivity contribution in [3.8, 4) is 5.75 Å². The molecule has 1 saturated heterocycles. The van der Waals surface area contributed by atoms with Crippen molar-refractivity contribution in [2.75, 3.05) is 38.7 Å². The van der Waals surface area contributed by atoms with Crippen LogP contribution in [0.15, 0.2) is 42.5 Å². The van der Waals surface area contributed by atoms with E-state index in [1.807, 2.05) is 48.2 Å². The number of carbonyl (C=O) groups is 2. The Bertz CT molecular complexity index is 894. The van der Waals surface area contributed by atoms with Crippen molar-refractivity contribution in [3.63, 3.8) is 0 Å². The summed E-state index contributed by atoms with van der Waals surface area (Å²) in [4.78, 5) is 29.4. The number of hydrogen-bond acceptors (Lipinski definition) is 4. The van der Waals surface area contributed by atoms with E-state index in [1.165, 1.54) is 4.90 Å². The molecule has 0 spiro atoms. The lowest BCUT2D eigenvalue weighted by molar-refractivity contribution is 0.0793. The molecule has 1 fully saturated rings. The normalized spacial score (nSPS) is 13.2. The van der Waals surface area contributed by atoms with Crippen LogP contribution in [0.4, 0.5) is 10.5 Å². The van der Waals surface area contributed by atoms with Gasteiger partial charge in [-0.05, 0) is 37.5 Å². The second-order valence-electron chi connectivity index (χ2n) is 7.38. The van der Waals surface area contributed by atoms with Gasteiger partial charge in [-0.3, -0.25) is 4.79 Å². The number of anilines is 1. The number of aryl methyl sites for hydroxylation is 1. The molecule has 0 bridgehead atoms. The molecule has 1 aliphatic rings. The zero-order valence-electron chi connectivity index (χ0n) is 17.6. The van der Waals surface area contributed by atoms with Crippen LogP contribution in [-0.4, -0.2) is 60.2 Å². The quantitative estimate of drug-likeness (QED) is 0.733. The van der Waals surface area contributed by atoms with Gasteiger partial charge in [0.1, 0.15) is 5.75 Å². The molecular formula is C23H29N3O4. The van der Waals surface area contributed by atoms with Crippen LogP contribution in [-0.2, 0) is 6.54 Å². The molecule has 7 heteroatoms. The molecule has 2 aromatic rings. The molecule has 7 nitrogen and oxygen atoms in total. The maximum absolute atomic E-state index is 13.1. The molecule has 0 unspecified atom stereocenters. The first-order valence-electron chi connectivity index (χ1n) is 10.2. The third-order valence-electron chi connectivity index (χ3n) is 5.34. The summed E-state index contributed by atoms with van der Waals surface area (Å²) in [6.07, 6.45) is 2.00. The Morgan fingerprint density at radius 1 is 1.13 bits per heavy atom. The summed E-state index contributed by atoms with van der Waals surface area (Å²) in [6, 6.07) is 12.5. The molecule has 0 atom stereocenters. The van der Waals surface area contributed by atoms with Crippen LogP contribution in [0.1, 0.15) is 34.3 Å². The average Bonchev–Trinajstić information content (AvgIpc) is 3.29. The molecule has 0 aromatic heterocycles. The van der Waals surface area contributed by atoms with Crippen molar-refractivity contribution in [2.24, 2.45) is 0 Å². The first-order chi connectivity index (χ1) is 14.5. The van der Waals surface area contributed by atoms with Gasteiger partial charge in [-0.15, -0.1) is 0 Å². The number of rotatable bonds is 7. The number of nitrogens with zero attached hydrogens (tertiary/aromatic N) is 2. The van der Waals surface area contributed by atoms with Gasteiger partial charge in [-0.25, -0.2) is 4.79 Å². The van der Waals surface area contributed by atoms with E-state index < -0.39 is 0 Å². The fourth-order valence-corrected chi connectivity index (χ4v) is 3.70. The maximum Gasteiger partial charge on any atom is 0.322 e. The zero-order chi connectivity index (χ0) is 21.5. The number of methoxy groups -OCH3 is 1. The second kappa shape index (κ2) is 10.1. The van der Waals surface area contributed by atoms with Gasteiger partial charge in [0, 0.05) is 25.2 Å². The number of benzene rings is 2. The monoisotopic (exact) mass is 411 g/mol. The minimum absolute atomic E-state index is 0.0649. The number of hydrogen-bond donors (Lipinski definition) is 2. The molecule has 3 amide bonds. The highest BCUT2D eigenvalue weighted by Crippen LogP contribution is 2.25. The number of aliphatic hydroxyl groups excluding tert-OH is 1. The van der Waals surface area contributed by atoms with E-state index in [0.29, 0.717) is 17.0 Å². The van der Waals surface area contributed by atoms with E-state index in [4.69, 9.17) is 4.74 Å². The molecule has 3 rings (SSSR count). The topological polar surface area (TPSA) is 82.1 Å². The van der Waals surface area contributed by atoms with Crippen molar-refractivity contribution in [1.82, 2.24) is 9.80 Å². The summed E-state index contributed by atoms with van der Waals surface area (Å²) in [5.74, 6) is 0.610. The van der Waals surface area contributed by atoms with Crippen LogP contribution in [0.2, 0.25) is 0 Å². The van der Waals surface area contributed by atoms with Crippen molar-refractivity contribution < 1.29 is 19.4 Å². The van der Waals surface area contributed by atoms with Gasteiger partial charge in [0.2, 0.25) is 0 Å². The number of carbonyl (C=O) groups excluding carboxylic acids is 2. The smallest absolute Gasteiger partial charge is 0.322 e. The first kappa shape index (κ1) is 21.6. The summed E-state index contributed by atoms with van der Waals surface area (Å²) >= 11 is 0. The molecule has 1 aliphatic heterocycles. The summed E-state index contributed by atoms with van der Waals surface area (Å²) < 4.78 is 5.38. The van der Waals surface area contributed by atoms with Crippen LogP contribution >= 0.6 is 0 Å². The van der Waals surface area contributed by atoms with Gasteiger partial charge in [-0.1, -0.05) is 30.3 Å². The number of nitrogens with one attached hydrogen (secondary N) is 1. The van der Waals surface area contributed by atoms with Gasteiger partial charge in [0.25, 0.3) is 5.91 Å². The highest BCUT2D eigenvalue weighted by molar-refractivity contribution is 6.04. The van der Waals surface area contributed by atoms with Crippen molar-refractivity contribution >= 4 is 17.6 Å². The highest BCUT2D eigenvalue weighted by Gasteiger charge is 2.24. The number of aliphatic hydroxyl groups is 1. The van der Waals surface area contributed by atoms with Crippen molar-refractivity contribution in [3.05, 3.63) is 59.2 Å². The summed E-state index contributed by atoms with van der Waals surface area (Å²) in [5.41, 5.74) is 2.66. The van der Waals surface area contributed by atoms with E-state index in [-0.39, 0.29) is 31.6 Å². The molecule has 0 aliphatic carbocycles. The zero-order valence-corrected chi connectivity index (χ0v) is 17.6. The largest absolute Gasteiger partial charge is 0.496 e. The molecule has 0 saturated carbocycles. The SMILES string of the molecule is COc1ccccc1CN(CCO)C(=O)Nc1c(C)cccc1C(=O)N1CCCC1. The van der Waals surface area contributed by atoms with Crippen LogP contribution < -0.4 is 10.1 Å². The van der Waals surface area contributed by atoms with Gasteiger partial charge >= 0.3 is 6.03 Å². The highest BCUT2D eigenvalue weighted by atomic mass is 16.5. The Labute approximate surface area is 177 Å². The van der Waals surface area contributed by atoms with Crippen molar-refractivity contribution in [2.45, 2.75) is 26.3 Å². The predicted molar refractivity (Wildman–Crippen MR) is 116 cm³/mol. The number of likely N-dealkylation sites (tertiary alicyclic amines) is 1. The van der Waals surface area contributed by atoms with E-state index >= 15 is 0 Å². The van der Waals surface area contributed by atoms with Crippen LogP contribution in [0.3, 0.4) is 0 Å². The lowest BCUT2D eigenvalue weighted by atomic mass is 10.1. The third kappa shape index (κ3) is 4.91. The minimum Gasteiger partial charge on any atom is -0.496 e. The number of para-hydroxylation sites is 2. The van der Waals surface area contributed by atoms with Gasteiger partial charge in [-0.2, -0.15) is 0 Å². The van der Waals surface area contributed by atoms with E-state index in [0.717, 1.165) is 37.1 Å². The lowest BCUT2D eigenvalue weighted by Gasteiger charge is -2.25. The number of urea groups is 1. The molecule has 2 aromatic carbocycles. The molecule has 2 N–H and O–H groups in total. The Kier molecular flexibility index (Phi) is 7.30. The van der Waals surface area contributed by atoms with E-state index in [1.54, 1.807) is 13.2 Å². The fourth-order valence-electron chi connectivity index (χ4n) is 3.70. The lowest BCUT2D eigenvalue weighted by Crippen LogP contribution is -2.37.